The lowest BCUT2D eigenvalue weighted by atomic mass is 10.0. The van der Waals surface area contributed by atoms with Gasteiger partial charge < -0.3 is 14.8 Å². The number of fused-ring (bicyclic) bond motifs is 2. The van der Waals surface area contributed by atoms with Crippen LogP contribution in [0.1, 0.15) is 29.8 Å². The average molecular weight is 467 g/mol. The molecule has 0 aliphatic carbocycles. The van der Waals surface area contributed by atoms with Crippen molar-refractivity contribution in [2.45, 2.75) is 38.6 Å². The molecule has 3 aromatic carbocycles. The molecule has 0 atom stereocenters. The summed E-state index contributed by atoms with van der Waals surface area (Å²) in [5, 5.41) is 3.02. The van der Waals surface area contributed by atoms with Crippen LogP contribution in [0.25, 0.3) is 11.0 Å². The molecule has 1 aromatic heterocycles. The molecule has 5 rings (SSSR count). The first-order valence-electron chi connectivity index (χ1n) is 12.3. The highest BCUT2D eigenvalue weighted by molar-refractivity contribution is 5.95. The number of benzene rings is 3. The van der Waals surface area contributed by atoms with E-state index in [1.165, 1.54) is 5.56 Å². The van der Waals surface area contributed by atoms with Crippen molar-refractivity contribution >= 4 is 28.5 Å². The zero-order valence-corrected chi connectivity index (χ0v) is 19.8. The smallest absolute Gasteiger partial charge is 0.246 e. The number of anilines is 1. The Morgan fingerprint density at radius 1 is 0.886 bits per heavy atom. The lowest BCUT2D eigenvalue weighted by molar-refractivity contribution is -0.121. The Labute approximate surface area is 205 Å². The van der Waals surface area contributed by atoms with E-state index in [1.807, 2.05) is 82.3 Å². The maximum Gasteiger partial charge on any atom is 0.246 e. The summed E-state index contributed by atoms with van der Waals surface area (Å²) in [6.45, 7) is 1.44. The van der Waals surface area contributed by atoms with Gasteiger partial charge in [-0.2, -0.15) is 0 Å². The van der Waals surface area contributed by atoms with Gasteiger partial charge in [-0.05, 0) is 48.6 Å². The summed E-state index contributed by atoms with van der Waals surface area (Å²) < 4.78 is 2.00. The van der Waals surface area contributed by atoms with E-state index in [0.717, 1.165) is 53.9 Å². The van der Waals surface area contributed by atoms with Gasteiger partial charge in [0.25, 0.3) is 0 Å². The van der Waals surface area contributed by atoms with E-state index >= 15 is 0 Å². The van der Waals surface area contributed by atoms with Gasteiger partial charge in [-0.15, -0.1) is 0 Å². The summed E-state index contributed by atoms with van der Waals surface area (Å²) in [6, 6.07) is 26.1. The average Bonchev–Trinajstić information content (AvgIpc) is 3.24. The highest BCUT2D eigenvalue weighted by Crippen LogP contribution is 2.27. The Morgan fingerprint density at radius 3 is 2.54 bits per heavy atom. The lowest BCUT2D eigenvalue weighted by Gasteiger charge is -2.29. The van der Waals surface area contributed by atoms with Gasteiger partial charge in [0.1, 0.15) is 12.4 Å². The van der Waals surface area contributed by atoms with E-state index in [2.05, 4.69) is 11.4 Å². The number of imidazole rings is 1. The quantitative estimate of drug-likeness (QED) is 0.421. The molecule has 2 amide bonds. The summed E-state index contributed by atoms with van der Waals surface area (Å²) in [5.74, 6) is 0.902. The number of carbonyl (C=O) groups is 2. The maximum absolute atomic E-state index is 13.4. The molecule has 6 nitrogen and oxygen atoms in total. The normalized spacial score (nSPS) is 13.0. The van der Waals surface area contributed by atoms with Crippen molar-refractivity contribution in [2.75, 3.05) is 18.0 Å². The summed E-state index contributed by atoms with van der Waals surface area (Å²) >= 11 is 0. The number of carbonyl (C=O) groups excluding carboxylic acids is 2. The standard InChI is InChI=1S/C29H30N4O2/c34-28(17-16-22-9-2-1-3-10-22)30-19-18-27-31-24-13-5-7-15-26(24)33(27)21-29(35)32-20-8-12-23-11-4-6-14-25(23)32/h1-7,9-11,13-15H,8,12,16-21H2,(H,30,34). The van der Waals surface area contributed by atoms with Crippen molar-refractivity contribution < 1.29 is 9.59 Å². The summed E-state index contributed by atoms with van der Waals surface area (Å²) in [6.07, 6.45) is 3.71. The Balaban J connectivity index is 1.26. The van der Waals surface area contributed by atoms with Crippen molar-refractivity contribution in [3.8, 4) is 0 Å². The number of para-hydroxylation sites is 3. The minimum absolute atomic E-state index is 0.0255. The number of hydrogen-bond donors (Lipinski definition) is 1. The molecule has 1 aliphatic heterocycles. The van der Waals surface area contributed by atoms with E-state index in [9.17, 15) is 9.59 Å². The Kier molecular flexibility index (Phi) is 6.89. The number of nitrogens with zero attached hydrogens (tertiary/aromatic N) is 3. The second kappa shape index (κ2) is 10.6. The monoisotopic (exact) mass is 466 g/mol. The van der Waals surface area contributed by atoms with Gasteiger partial charge in [-0.3, -0.25) is 9.59 Å². The third kappa shape index (κ3) is 5.27. The third-order valence-electron chi connectivity index (χ3n) is 6.59. The fourth-order valence-electron chi connectivity index (χ4n) is 4.81. The number of amides is 2. The first kappa shape index (κ1) is 22.8. The predicted octanol–water partition coefficient (Wildman–Crippen LogP) is 4.31. The van der Waals surface area contributed by atoms with Crippen molar-refractivity contribution in [2.24, 2.45) is 0 Å². The molecule has 0 unspecified atom stereocenters. The number of aromatic nitrogens is 2. The molecule has 0 saturated carbocycles. The summed E-state index contributed by atoms with van der Waals surface area (Å²) in [7, 11) is 0. The van der Waals surface area contributed by atoms with E-state index in [-0.39, 0.29) is 18.4 Å². The van der Waals surface area contributed by atoms with Crippen LogP contribution >= 0.6 is 0 Å². The fourth-order valence-corrected chi connectivity index (χ4v) is 4.81. The second-order valence-corrected chi connectivity index (χ2v) is 8.97. The van der Waals surface area contributed by atoms with Crippen LogP contribution in [0.15, 0.2) is 78.9 Å². The van der Waals surface area contributed by atoms with Crippen molar-refractivity contribution in [3.63, 3.8) is 0 Å². The molecule has 1 aliphatic rings. The zero-order chi connectivity index (χ0) is 24.0. The highest BCUT2D eigenvalue weighted by atomic mass is 16.2. The molecule has 0 spiro atoms. The molecule has 6 heteroatoms. The van der Waals surface area contributed by atoms with Crippen molar-refractivity contribution in [1.29, 1.82) is 0 Å². The van der Waals surface area contributed by atoms with Gasteiger partial charge in [-0.25, -0.2) is 4.98 Å². The predicted molar refractivity (Wildman–Crippen MR) is 138 cm³/mol. The summed E-state index contributed by atoms with van der Waals surface area (Å²) in [4.78, 5) is 32.5. The first-order valence-corrected chi connectivity index (χ1v) is 12.3. The Morgan fingerprint density at radius 2 is 1.66 bits per heavy atom. The van der Waals surface area contributed by atoms with Gasteiger partial charge in [0.05, 0.1) is 11.0 Å². The topological polar surface area (TPSA) is 67.2 Å². The van der Waals surface area contributed by atoms with Gasteiger partial charge in [0, 0.05) is 31.6 Å². The van der Waals surface area contributed by atoms with E-state index in [1.54, 1.807) is 0 Å². The number of rotatable bonds is 8. The molecule has 0 radical (unpaired) electrons. The number of hydrogen-bond acceptors (Lipinski definition) is 3. The zero-order valence-electron chi connectivity index (χ0n) is 19.8. The molecular formula is C29H30N4O2. The second-order valence-electron chi connectivity index (χ2n) is 8.97. The van der Waals surface area contributed by atoms with Crippen LogP contribution in [0.2, 0.25) is 0 Å². The number of aryl methyl sites for hydroxylation is 2. The SMILES string of the molecule is O=C(CCc1ccccc1)NCCc1nc2ccccc2n1CC(=O)N1CCCc2ccccc21. The van der Waals surface area contributed by atoms with Crippen LogP contribution in [-0.2, 0) is 35.4 Å². The van der Waals surface area contributed by atoms with Crippen molar-refractivity contribution in [1.82, 2.24) is 14.9 Å². The first-order chi connectivity index (χ1) is 17.2. The van der Waals surface area contributed by atoms with Gasteiger partial charge >= 0.3 is 0 Å². The van der Waals surface area contributed by atoms with E-state index < -0.39 is 0 Å². The minimum atomic E-state index is 0.0255. The van der Waals surface area contributed by atoms with Crippen LogP contribution in [0.4, 0.5) is 5.69 Å². The third-order valence-corrected chi connectivity index (χ3v) is 6.59. The van der Waals surface area contributed by atoms with Gasteiger partial charge in [-0.1, -0.05) is 60.7 Å². The van der Waals surface area contributed by atoms with Gasteiger partial charge in [0.2, 0.25) is 11.8 Å². The van der Waals surface area contributed by atoms with Crippen LogP contribution in [0, 0.1) is 0 Å². The largest absolute Gasteiger partial charge is 0.356 e. The molecular weight excluding hydrogens is 436 g/mol. The van der Waals surface area contributed by atoms with Crippen LogP contribution in [0.3, 0.4) is 0 Å². The molecule has 0 fully saturated rings. The van der Waals surface area contributed by atoms with Crippen LogP contribution in [-0.4, -0.2) is 34.5 Å². The lowest BCUT2D eigenvalue weighted by Crippen LogP contribution is -2.38. The van der Waals surface area contributed by atoms with Crippen molar-refractivity contribution in [3.05, 3.63) is 95.8 Å². The van der Waals surface area contributed by atoms with Crippen LogP contribution < -0.4 is 10.2 Å². The Hall–Kier alpha value is -3.93. The van der Waals surface area contributed by atoms with Gasteiger partial charge in [0.15, 0.2) is 0 Å². The minimum Gasteiger partial charge on any atom is -0.356 e. The Bertz CT molecular complexity index is 1330. The van der Waals surface area contributed by atoms with Crippen LogP contribution in [0.5, 0.6) is 0 Å². The summed E-state index contributed by atoms with van der Waals surface area (Å²) in [5.41, 5.74) is 5.20. The fraction of sp³-hybridized carbons (Fsp3) is 0.276. The molecule has 0 saturated heterocycles. The number of nitrogens with one attached hydrogen (secondary N) is 1. The molecule has 2 heterocycles. The molecule has 178 valence electrons. The van der Waals surface area contributed by atoms with E-state index in [4.69, 9.17) is 4.98 Å². The molecule has 4 aromatic rings. The maximum atomic E-state index is 13.4. The molecule has 1 N–H and O–H groups in total. The highest BCUT2D eigenvalue weighted by Gasteiger charge is 2.24. The molecule has 0 bridgehead atoms. The molecule has 35 heavy (non-hydrogen) atoms. The van der Waals surface area contributed by atoms with E-state index in [0.29, 0.717) is 19.4 Å².